The molecule has 272 valence electrons. The molecule has 6 aromatic heterocycles. The fourth-order valence-electron chi connectivity index (χ4n) is 7.32. The first-order valence-electron chi connectivity index (χ1n) is 18.7. The Balaban J connectivity index is 1.42. The van der Waals surface area contributed by atoms with E-state index in [9.17, 15) is 4.79 Å². The smallest absolute Gasteiger partial charge is 0.310 e. The van der Waals surface area contributed by atoms with Crippen LogP contribution in [0.5, 0.6) is 5.75 Å². The number of hydrogen-bond donors (Lipinski definition) is 2. The molecular weight excluding hydrogens is 695 g/mol. The predicted octanol–water partition coefficient (Wildman–Crippen LogP) is 8.11. The molecule has 0 atom stereocenters. The van der Waals surface area contributed by atoms with Gasteiger partial charge in [-0.1, -0.05) is 19.1 Å². The predicted molar refractivity (Wildman–Crippen MR) is 220 cm³/mol. The Morgan fingerprint density at radius 1 is 0.482 bits per heavy atom. The van der Waals surface area contributed by atoms with Crippen molar-refractivity contribution in [2.24, 2.45) is 21.1 Å². The average molecular weight is 735 g/mol. The van der Waals surface area contributed by atoms with Crippen LogP contribution in [0.25, 0.3) is 90.9 Å². The van der Waals surface area contributed by atoms with Gasteiger partial charge in [-0.25, -0.2) is 23.7 Å². The van der Waals surface area contributed by atoms with E-state index in [1.54, 1.807) is 6.92 Å². The third-order valence-corrected chi connectivity index (χ3v) is 10.2. The summed E-state index contributed by atoms with van der Waals surface area (Å²) in [6.07, 6.45) is 21.0. The Morgan fingerprint density at radius 2 is 0.821 bits per heavy atom. The fraction of sp³-hybridized carbons (Fsp3) is 0.106. The Bertz CT molecular complexity index is 2880. The second kappa shape index (κ2) is 14.2. The van der Waals surface area contributed by atoms with Crippen LogP contribution in [0.15, 0.2) is 122 Å². The molecule has 0 saturated heterocycles. The molecule has 7 aromatic rings. The molecule has 9 rings (SSSR count). The maximum absolute atomic E-state index is 12.1. The Hall–Kier alpha value is -7.26. The molecule has 0 saturated carbocycles. The molecule has 1 aromatic carbocycles. The summed E-state index contributed by atoms with van der Waals surface area (Å²) in [5.74, 6) is 0.223. The lowest BCUT2D eigenvalue weighted by Gasteiger charge is -2.07. The Labute approximate surface area is 324 Å². The summed E-state index contributed by atoms with van der Waals surface area (Å²) in [6, 6.07) is 28.9. The van der Waals surface area contributed by atoms with Crippen molar-refractivity contribution < 1.29 is 23.2 Å². The molecule has 2 N–H and O–H groups in total. The van der Waals surface area contributed by atoms with Crippen LogP contribution < -0.4 is 18.4 Å². The van der Waals surface area contributed by atoms with Crippen LogP contribution in [0.3, 0.4) is 0 Å². The van der Waals surface area contributed by atoms with Gasteiger partial charge in [0.25, 0.3) is 0 Å². The van der Waals surface area contributed by atoms with Crippen molar-refractivity contribution in [2.45, 2.75) is 13.3 Å². The number of aromatic amines is 2. The molecule has 9 heteroatoms. The second-order valence-electron chi connectivity index (χ2n) is 14.1. The number of carbonyl (C=O) groups is 1. The van der Waals surface area contributed by atoms with Crippen LogP contribution >= 0.6 is 0 Å². The Morgan fingerprint density at radius 3 is 1.23 bits per heavy atom. The SMILES string of the molecule is CCC(=O)Oc1ccc(-c2c3nc(c(-c4cc[n+](C)cc4)c4nc(c(-c5cc[n+](C)cc5)c5ccc([nH]5)c(-c5cc[n+](C)cc5)c5ccc2[nH]5)C=C4)C=C3)cc1. The van der Waals surface area contributed by atoms with Crippen molar-refractivity contribution in [3.63, 3.8) is 0 Å². The molecular formula is C47H40N7O2+3. The summed E-state index contributed by atoms with van der Waals surface area (Å²) in [5.41, 5.74) is 14.9. The number of nitrogens with zero attached hydrogens (tertiary/aromatic N) is 5. The van der Waals surface area contributed by atoms with E-state index in [2.05, 4.69) is 120 Å². The van der Waals surface area contributed by atoms with Crippen LogP contribution in [-0.2, 0) is 25.9 Å². The number of hydrogen-bond acceptors (Lipinski definition) is 4. The van der Waals surface area contributed by atoms with Gasteiger partial charge < -0.3 is 14.7 Å². The fourth-order valence-corrected chi connectivity index (χ4v) is 7.32. The van der Waals surface area contributed by atoms with E-state index < -0.39 is 0 Å². The van der Waals surface area contributed by atoms with Gasteiger partial charge in [-0.2, -0.15) is 0 Å². The number of fused-ring (bicyclic) bond motifs is 8. The number of ether oxygens (including phenoxy) is 1. The lowest BCUT2D eigenvalue weighted by Crippen LogP contribution is -2.25. The molecule has 2 aliphatic rings. The molecule has 0 unspecified atom stereocenters. The van der Waals surface area contributed by atoms with Gasteiger partial charge in [-0.05, 0) is 83.0 Å². The van der Waals surface area contributed by atoms with Crippen molar-refractivity contribution in [3.05, 3.63) is 145 Å². The van der Waals surface area contributed by atoms with Gasteiger partial charge in [0.15, 0.2) is 37.2 Å². The molecule has 0 radical (unpaired) electrons. The van der Waals surface area contributed by atoms with E-state index in [0.717, 1.165) is 89.4 Å². The first-order valence-corrected chi connectivity index (χ1v) is 18.7. The van der Waals surface area contributed by atoms with Gasteiger partial charge in [-0.3, -0.25) is 4.79 Å². The summed E-state index contributed by atoms with van der Waals surface area (Å²) in [7, 11) is 6.06. The minimum atomic E-state index is -0.277. The van der Waals surface area contributed by atoms with E-state index in [1.807, 2.05) is 71.5 Å². The summed E-state index contributed by atoms with van der Waals surface area (Å²) >= 11 is 0. The lowest BCUT2D eigenvalue weighted by molar-refractivity contribution is -0.671. The number of pyridine rings is 3. The number of nitrogens with one attached hydrogen (secondary N) is 2. The topological polar surface area (TPSA) is 95.3 Å². The number of rotatable bonds is 6. The molecule has 56 heavy (non-hydrogen) atoms. The third-order valence-electron chi connectivity index (χ3n) is 10.2. The lowest BCUT2D eigenvalue weighted by atomic mass is 10.0. The first kappa shape index (κ1) is 34.5. The van der Waals surface area contributed by atoms with Gasteiger partial charge in [0.1, 0.15) is 26.9 Å². The molecule has 0 fully saturated rings. The molecule has 0 aliphatic carbocycles. The highest BCUT2D eigenvalue weighted by atomic mass is 16.5. The van der Waals surface area contributed by atoms with E-state index in [-0.39, 0.29) is 5.97 Å². The van der Waals surface area contributed by atoms with Gasteiger partial charge in [0.2, 0.25) is 0 Å². The molecule has 8 bridgehead atoms. The zero-order valence-corrected chi connectivity index (χ0v) is 31.6. The molecule has 0 spiro atoms. The number of benzene rings is 1. The summed E-state index contributed by atoms with van der Waals surface area (Å²) in [6.45, 7) is 1.79. The highest BCUT2D eigenvalue weighted by Gasteiger charge is 2.20. The van der Waals surface area contributed by atoms with Crippen LogP contribution in [0, 0.1) is 0 Å². The van der Waals surface area contributed by atoms with Crippen LogP contribution in [0.1, 0.15) is 36.1 Å². The average Bonchev–Trinajstić information content (AvgIpc) is 4.05. The maximum Gasteiger partial charge on any atom is 0.310 e. The number of H-pyrrole nitrogens is 2. The minimum Gasteiger partial charge on any atom is -0.427 e. The van der Waals surface area contributed by atoms with Gasteiger partial charge >= 0.3 is 5.97 Å². The van der Waals surface area contributed by atoms with Crippen LogP contribution in [0.4, 0.5) is 0 Å². The molecule has 9 nitrogen and oxygen atoms in total. The highest BCUT2D eigenvalue weighted by Crippen LogP contribution is 2.38. The number of aryl methyl sites for hydroxylation is 3. The highest BCUT2D eigenvalue weighted by molar-refractivity contribution is 6.00. The minimum absolute atomic E-state index is 0.277. The molecule has 8 heterocycles. The molecule has 0 amide bonds. The van der Waals surface area contributed by atoms with Gasteiger partial charge in [-0.15, -0.1) is 0 Å². The first-order chi connectivity index (χ1) is 27.3. The van der Waals surface area contributed by atoms with Gasteiger partial charge in [0.05, 0.1) is 22.8 Å². The Kier molecular flexibility index (Phi) is 8.74. The van der Waals surface area contributed by atoms with E-state index >= 15 is 0 Å². The standard InChI is InChI=1S/C47H39N7O2/c1-5-43(55)56-34-8-6-30(7-9-34)44-35-10-12-37(48-35)45(31-18-24-52(2)25-19-31)39-14-16-41(50-39)47(33-22-28-54(4)29-23-33)42-17-15-40(51-42)46(38-13-11-36(44)49-38)32-20-26-53(3)27-21-32/h6-29H,5H2,1-4H3,(H,48,49,50,51)/q+2/p+1. The van der Waals surface area contributed by atoms with Crippen molar-refractivity contribution in [2.75, 3.05) is 0 Å². The monoisotopic (exact) mass is 734 g/mol. The van der Waals surface area contributed by atoms with Crippen molar-refractivity contribution in [3.8, 4) is 50.3 Å². The maximum atomic E-state index is 12.1. The normalized spacial score (nSPS) is 11.9. The zero-order valence-electron chi connectivity index (χ0n) is 31.6. The zero-order chi connectivity index (χ0) is 38.3. The van der Waals surface area contributed by atoms with Crippen LogP contribution in [-0.4, -0.2) is 25.9 Å². The summed E-state index contributed by atoms with van der Waals surface area (Å²) in [4.78, 5) is 30.5. The van der Waals surface area contributed by atoms with Crippen molar-refractivity contribution in [1.82, 2.24) is 19.9 Å². The van der Waals surface area contributed by atoms with Crippen molar-refractivity contribution >= 4 is 52.3 Å². The summed E-state index contributed by atoms with van der Waals surface area (Å²) < 4.78 is 11.6. The number of carbonyl (C=O) groups excluding carboxylic acids is 1. The van der Waals surface area contributed by atoms with E-state index in [4.69, 9.17) is 14.7 Å². The third kappa shape index (κ3) is 6.49. The van der Waals surface area contributed by atoms with Crippen molar-refractivity contribution in [1.29, 1.82) is 0 Å². The van der Waals surface area contributed by atoms with Crippen LogP contribution in [0.2, 0.25) is 0 Å². The van der Waals surface area contributed by atoms with Gasteiger partial charge in [0, 0.05) is 87.1 Å². The molecule has 2 aliphatic heterocycles. The second-order valence-corrected chi connectivity index (χ2v) is 14.1. The van der Waals surface area contributed by atoms with E-state index in [1.165, 1.54) is 0 Å². The largest absolute Gasteiger partial charge is 0.427 e. The number of aromatic nitrogens is 7. The number of esters is 1. The quantitative estimate of drug-likeness (QED) is 0.103. The summed E-state index contributed by atoms with van der Waals surface area (Å²) in [5, 5.41) is 0. The van der Waals surface area contributed by atoms with E-state index in [0.29, 0.717) is 12.2 Å².